The van der Waals surface area contributed by atoms with Crippen molar-refractivity contribution in [3.63, 3.8) is 0 Å². The maximum atomic E-state index is 13.8. The van der Waals surface area contributed by atoms with Crippen LogP contribution in [0.2, 0.25) is 0 Å². The normalized spacial score (nSPS) is 10.5. The number of esters is 1. The van der Waals surface area contributed by atoms with Crippen LogP contribution < -0.4 is 0 Å². The number of imidazole rings is 1. The van der Waals surface area contributed by atoms with Crippen molar-refractivity contribution < 1.29 is 13.9 Å². The summed E-state index contributed by atoms with van der Waals surface area (Å²) in [7, 11) is 0. The highest BCUT2D eigenvalue weighted by atomic mass is 19.1. The molecular formula is C34H28FN3O2. The number of benzene rings is 3. The zero-order chi connectivity index (χ0) is 27.6. The maximum Gasteiger partial charge on any atom is 0.339 e. The fraction of sp³-hybridized carbons (Fsp3) is 0.147. The van der Waals surface area contributed by atoms with Gasteiger partial charge in [0.1, 0.15) is 11.6 Å². The van der Waals surface area contributed by atoms with Crippen molar-refractivity contribution in [3.8, 4) is 34.4 Å². The summed E-state index contributed by atoms with van der Waals surface area (Å²) in [6.45, 7) is 0.714. The summed E-state index contributed by atoms with van der Waals surface area (Å²) in [5, 5.41) is 0. The van der Waals surface area contributed by atoms with E-state index in [9.17, 15) is 9.18 Å². The number of ether oxygens (including phenoxy) is 1. The second-order valence-electron chi connectivity index (χ2n) is 9.18. The van der Waals surface area contributed by atoms with Crippen LogP contribution in [0.5, 0.6) is 0 Å². The number of hydrogen-bond acceptors (Lipinski definition) is 4. The molecule has 0 N–H and O–H groups in total. The average Bonchev–Trinajstić information content (AvgIpc) is 3.36. The van der Waals surface area contributed by atoms with E-state index in [4.69, 9.17) is 9.72 Å². The van der Waals surface area contributed by atoms with E-state index in [-0.39, 0.29) is 12.4 Å². The van der Waals surface area contributed by atoms with Gasteiger partial charge in [-0.1, -0.05) is 60.4 Å². The number of nitrogens with zero attached hydrogens (tertiary/aromatic N) is 3. The Kier molecular flexibility index (Phi) is 8.75. The molecule has 2 heterocycles. The van der Waals surface area contributed by atoms with Crippen molar-refractivity contribution in [2.45, 2.75) is 25.8 Å². The summed E-state index contributed by atoms with van der Waals surface area (Å²) in [5.41, 5.74) is 5.25. The molecule has 5 aromatic rings. The van der Waals surface area contributed by atoms with Crippen LogP contribution in [0.1, 0.15) is 28.2 Å². The summed E-state index contributed by atoms with van der Waals surface area (Å²) < 4.78 is 21.3. The zero-order valence-electron chi connectivity index (χ0n) is 22.0. The van der Waals surface area contributed by atoms with Crippen molar-refractivity contribution in [2.75, 3.05) is 6.61 Å². The molecule has 0 aliphatic carbocycles. The topological polar surface area (TPSA) is 57.0 Å². The summed E-state index contributed by atoms with van der Waals surface area (Å²) in [4.78, 5) is 21.4. The predicted octanol–water partition coefficient (Wildman–Crippen LogP) is 6.79. The van der Waals surface area contributed by atoms with Gasteiger partial charge in [-0.3, -0.25) is 4.98 Å². The Labute approximate surface area is 233 Å². The summed E-state index contributed by atoms with van der Waals surface area (Å²) in [5.74, 6) is 6.17. The third kappa shape index (κ3) is 6.69. The SMILES string of the molecule is O=C(OCC#CCc1nc(-c2ccc(F)cc2)c(-c2ccncc2)n1CCCc1ccccc1)c1ccccc1. The second-order valence-corrected chi connectivity index (χ2v) is 9.18. The Morgan fingerprint density at radius 1 is 0.825 bits per heavy atom. The Morgan fingerprint density at radius 2 is 1.52 bits per heavy atom. The van der Waals surface area contributed by atoms with E-state index >= 15 is 0 Å². The second kappa shape index (κ2) is 13.2. The van der Waals surface area contributed by atoms with Crippen molar-refractivity contribution in [1.82, 2.24) is 14.5 Å². The smallest absolute Gasteiger partial charge is 0.339 e. The van der Waals surface area contributed by atoms with Gasteiger partial charge < -0.3 is 9.30 Å². The molecule has 0 radical (unpaired) electrons. The monoisotopic (exact) mass is 529 g/mol. The van der Waals surface area contributed by atoms with E-state index < -0.39 is 5.97 Å². The molecule has 0 amide bonds. The third-order valence-electron chi connectivity index (χ3n) is 6.46. The minimum atomic E-state index is -0.407. The molecular weight excluding hydrogens is 501 g/mol. The molecule has 0 fully saturated rings. The Morgan fingerprint density at radius 3 is 2.25 bits per heavy atom. The number of carbonyl (C=O) groups excluding carboxylic acids is 1. The molecule has 40 heavy (non-hydrogen) atoms. The lowest BCUT2D eigenvalue weighted by molar-refractivity contribution is 0.0556. The highest BCUT2D eigenvalue weighted by molar-refractivity contribution is 5.89. The predicted molar refractivity (Wildman–Crippen MR) is 154 cm³/mol. The summed E-state index contributed by atoms with van der Waals surface area (Å²) >= 11 is 0. The van der Waals surface area contributed by atoms with Crippen molar-refractivity contribution in [3.05, 3.63) is 132 Å². The van der Waals surface area contributed by atoms with E-state index in [1.54, 1.807) is 48.8 Å². The molecule has 0 aliphatic rings. The van der Waals surface area contributed by atoms with E-state index in [0.29, 0.717) is 12.0 Å². The number of carbonyl (C=O) groups is 1. The first-order valence-corrected chi connectivity index (χ1v) is 13.2. The molecule has 0 unspecified atom stereocenters. The van der Waals surface area contributed by atoms with E-state index in [2.05, 4.69) is 33.5 Å². The van der Waals surface area contributed by atoms with Crippen molar-refractivity contribution in [1.29, 1.82) is 0 Å². The number of hydrogen-bond donors (Lipinski definition) is 0. The van der Waals surface area contributed by atoms with Gasteiger partial charge in [0.15, 0.2) is 6.61 Å². The molecule has 2 aromatic heterocycles. The molecule has 0 atom stereocenters. The fourth-order valence-corrected chi connectivity index (χ4v) is 4.52. The standard InChI is InChI=1S/C34H28FN3O2/c35-30-18-16-27(17-19-30)32-33(28-20-22-36-23-21-28)38(24-9-12-26-10-3-1-4-11-26)31(37-32)15-7-8-25-40-34(39)29-13-5-2-6-14-29/h1-6,10-11,13-14,16-23H,9,12,15,24-25H2. The third-order valence-corrected chi connectivity index (χ3v) is 6.46. The van der Waals surface area contributed by atoms with Gasteiger partial charge in [0.05, 0.1) is 23.4 Å². The van der Waals surface area contributed by atoms with Crippen LogP contribution >= 0.6 is 0 Å². The molecule has 0 aliphatic heterocycles. The van der Waals surface area contributed by atoms with Crippen LogP contribution in [-0.4, -0.2) is 27.1 Å². The van der Waals surface area contributed by atoms with Crippen LogP contribution in [-0.2, 0) is 24.1 Å². The van der Waals surface area contributed by atoms with E-state index in [1.807, 2.05) is 36.4 Å². The molecule has 3 aromatic carbocycles. The van der Waals surface area contributed by atoms with Gasteiger partial charge in [-0.25, -0.2) is 14.2 Å². The Hall–Kier alpha value is -5.02. The number of aryl methyl sites for hydroxylation is 1. The Balaban J connectivity index is 1.43. The molecule has 198 valence electrons. The number of rotatable bonds is 9. The van der Waals surface area contributed by atoms with Gasteiger partial charge in [0, 0.05) is 30.1 Å². The van der Waals surface area contributed by atoms with Crippen LogP contribution in [0.15, 0.2) is 109 Å². The van der Waals surface area contributed by atoms with Gasteiger partial charge in [-0.2, -0.15) is 0 Å². The molecule has 6 heteroatoms. The van der Waals surface area contributed by atoms with Crippen LogP contribution in [0.25, 0.3) is 22.5 Å². The van der Waals surface area contributed by atoms with Crippen molar-refractivity contribution in [2.24, 2.45) is 0 Å². The van der Waals surface area contributed by atoms with Crippen LogP contribution in [0.3, 0.4) is 0 Å². The number of halogens is 1. The summed E-state index contributed by atoms with van der Waals surface area (Å²) in [6, 6.07) is 29.5. The Bertz CT molecular complexity index is 1600. The maximum absolute atomic E-state index is 13.8. The summed E-state index contributed by atoms with van der Waals surface area (Å²) in [6.07, 6.45) is 5.70. The average molecular weight is 530 g/mol. The molecule has 0 spiro atoms. The first kappa shape index (κ1) is 26.6. The molecule has 0 bridgehead atoms. The van der Waals surface area contributed by atoms with Crippen LogP contribution in [0.4, 0.5) is 4.39 Å². The van der Waals surface area contributed by atoms with Crippen LogP contribution in [0, 0.1) is 17.7 Å². The highest BCUT2D eigenvalue weighted by Gasteiger charge is 2.20. The molecule has 0 saturated heterocycles. The molecule has 5 rings (SSSR count). The van der Waals surface area contributed by atoms with Crippen molar-refractivity contribution >= 4 is 5.97 Å². The van der Waals surface area contributed by atoms with Gasteiger partial charge in [-0.05, 0) is 66.9 Å². The minimum absolute atomic E-state index is 0.00945. The first-order chi connectivity index (χ1) is 19.7. The lowest BCUT2D eigenvalue weighted by Gasteiger charge is -2.13. The number of pyridine rings is 1. The lowest BCUT2D eigenvalue weighted by atomic mass is 10.1. The number of aromatic nitrogens is 3. The lowest BCUT2D eigenvalue weighted by Crippen LogP contribution is -2.07. The fourth-order valence-electron chi connectivity index (χ4n) is 4.52. The minimum Gasteiger partial charge on any atom is -0.449 e. The van der Waals surface area contributed by atoms with Gasteiger partial charge in [0.2, 0.25) is 0 Å². The van der Waals surface area contributed by atoms with Gasteiger partial charge in [0.25, 0.3) is 0 Å². The zero-order valence-corrected chi connectivity index (χ0v) is 22.0. The first-order valence-electron chi connectivity index (χ1n) is 13.2. The van der Waals surface area contributed by atoms with Gasteiger partial charge >= 0.3 is 5.97 Å². The van der Waals surface area contributed by atoms with E-state index in [0.717, 1.165) is 47.7 Å². The largest absolute Gasteiger partial charge is 0.449 e. The highest BCUT2D eigenvalue weighted by Crippen LogP contribution is 2.33. The molecule has 5 nitrogen and oxygen atoms in total. The quantitative estimate of drug-likeness (QED) is 0.156. The molecule has 0 saturated carbocycles. The van der Waals surface area contributed by atoms with E-state index in [1.165, 1.54) is 17.7 Å². The van der Waals surface area contributed by atoms with Gasteiger partial charge in [-0.15, -0.1) is 0 Å².